The molecule has 0 saturated heterocycles. The fraction of sp³-hybridized carbons (Fsp3) is 0.188. The van der Waals surface area contributed by atoms with Crippen LogP contribution >= 0.6 is 0 Å². The Morgan fingerprint density at radius 3 is 2.22 bits per heavy atom. The summed E-state index contributed by atoms with van der Waals surface area (Å²) in [5.74, 6) is 0.236. The topological polar surface area (TPSA) is 84.5 Å². The molecule has 2 N–H and O–H groups in total. The standard InChI is InChI=1S/C16H18N2O4S/c1-12-3-9-15(10-4-12)23(20,21)18-17-16(19)11-13-5-7-14(22-2)8-6-13/h3-10,18H,11H2,1-2H3,(H,17,19). The largest absolute Gasteiger partial charge is 0.497 e. The number of sulfonamides is 1. The Morgan fingerprint density at radius 1 is 1.04 bits per heavy atom. The number of ether oxygens (including phenoxy) is 1. The van der Waals surface area contributed by atoms with Gasteiger partial charge in [0.15, 0.2) is 0 Å². The summed E-state index contributed by atoms with van der Waals surface area (Å²) in [5.41, 5.74) is 3.90. The molecule has 1 amide bonds. The Hall–Kier alpha value is -2.38. The van der Waals surface area contributed by atoms with E-state index in [1.54, 1.807) is 43.5 Å². The molecule has 2 aromatic carbocycles. The van der Waals surface area contributed by atoms with Crippen LogP contribution in [0.4, 0.5) is 0 Å². The fourth-order valence-electron chi connectivity index (χ4n) is 1.87. The lowest BCUT2D eigenvalue weighted by molar-refractivity contribution is -0.120. The minimum Gasteiger partial charge on any atom is -0.497 e. The van der Waals surface area contributed by atoms with E-state index in [9.17, 15) is 13.2 Å². The van der Waals surface area contributed by atoms with Crippen LogP contribution in [0.2, 0.25) is 0 Å². The SMILES string of the molecule is COc1ccc(CC(=O)NNS(=O)(=O)c2ccc(C)cc2)cc1. The summed E-state index contributed by atoms with van der Waals surface area (Å²) in [6.45, 7) is 1.86. The molecule has 0 spiro atoms. The first-order valence-corrected chi connectivity index (χ1v) is 8.39. The number of carbonyl (C=O) groups is 1. The third kappa shape index (κ3) is 4.80. The Kier molecular flexibility index (Phi) is 5.36. The number of carbonyl (C=O) groups excluding carboxylic acids is 1. The Balaban J connectivity index is 1.93. The van der Waals surface area contributed by atoms with Crippen LogP contribution in [-0.2, 0) is 21.2 Å². The lowest BCUT2D eigenvalue weighted by Crippen LogP contribution is -2.42. The van der Waals surface area contributed by atoms with Gasteiger partial charge < -0.3 is 4.74 Å². The molecule has 0 aliphatic heterocycles. The molecule has 122 valence electrons. The van der Waals surface area contributed by atoms with E-state index in [0.717, 1.165) is 11.1 Å². The number of hydrogen-bond acceptors (Lipinski definition) is 4. The summed E-state index contributed by atoms with van der Waals surface area (Å²) in [7, 11) is -2.22. The van der Waals surface area contributed by atoms with Crippen LogP contribution in [0, 0.1) is 6.92 Å². The van der Waals surface area contributed by atoms with E-state index < -0.39 is 15.9 Å². The first kappa shape index (κ1) is 17.0. The van der Waals surface area contributed by atoms with Crippen molar-refractivity contribution in [1.82, 2.24) is 10.3 Å². The predicted molar refractivity (Wildman–Crippen MR) is 86.3 cm³/mol. The lowest BCUT2D eigenvalue weighted by atomic mass is 10.1. The van der Waals surface area contributed by atoms with Crippen molar-refractivity contribution < 1.29 is 17.9 Å². The normalized spacial score (nSPS) is 11.0. The molecule has 0 fully saturated rings. The minimum atomic E-state index is -3.78. The van der Waals surface area contributed by atoms with Crippen LogP contribution in [0.1, 0.15) is 11.1 Å². The van der Waals surface area contributed by atoms with Gasteiger partial charge >= 0.3 is 0 Å². The zero-order chi connectivity index (χ0) is 16.9. The van der Waals surface area contributed by atoms with E-state index in [1.165, 1.54) is 12.1 Å². The number of nitrogens with one attached hydrogen (secondary N) is 2. The molecule has 2 rings (SSSR count). The molecule has 0 bridgehead atoms. The van der Waals surface area contributed by atoms with Crippen molar-refractivity contribution in [3.05, 3.63) is 59.7 Å². The molecule has 7 heteroatoms. The molecule has 0 aliphatic rings. The third-order valence-electron chi connectivity index (χ3n) is 3.18. The first-order valence-electron chi connectivity index (χ1n) is 6.91. The van der Waals surface area contributed by atoms with Gasteiger partial charge in [-0.25, -0.2) is 8.42 Å². The van der Waals surface area contributed by atoms with E-state index in [4.69, 9.17) is 4.74 Å². The number of hydrogen-bond donors (Lipinski definition) is 2. The molecule has 2 aromatic rings. The molecule has 0 atom stereocenters. The van der Waals surface area contributed by atoms with Gasteiger partial charge in [-0.2, -0.15) is 0 Å². The number of rotatable bonds is 6. The lowest BCUT2D eigenvalue weighted by Gasteiger charge is -2.09. The average Bonchev–Trinajstić information content (AvgIpc) is 2.54. The van der Waals surface area contributed by atoms with Gasteiger partial charge in [-0.15, -0.1) is 4.83 Å². The second-order valence-electron chi connectivity index (χ2n) is 4.99. The summed E-state index contributed by atoms with van der Waals surface area (Å²) in [6.07, 6.45) is 0.0560. The summed E-state index contributed by atoms with van der Waals surface area (Å²) >= 11 is 0. The average molecular weight is 334 g/mol. The maximum Gasteiger partial charge on any atom is 0.257 e. The highest BCUT2D eigenvalue weighted by atomic mass is 32.2. The van der Waals surface area contributed by atoms with Gasteiger partial charge in [0, 0.05) is 0 Å². The Bertz CT molecular complexity index is 769. The van der Waals surface area contributed by atoms with Crippen molar-refractivity contribution in [2.75, 3.05) is 7.11 Å². The van der Waals surface area contributed by atoms with E-state index in [1.807, 2.05) is 6.92 Å². The van der Waals surface area contributed by atoms with Gasteiger partial charge in [0.1, 0.15) is 5.75 Å². The van der Waals surface area contributed by atoms with Crippen LogP contribution in [0.3, 0.4) is 0 Å². The molecule has 6 nitrogen and oxygen atoms in total. The van der Waals surface area contributed by atoms with Crippen molar-refractivity contribution in [3.8, 4) is 5.75 Å². The maximum atomic E-state index is 12.0. The van der Waals surface area contributed by atoms with Crippen LogP contribution < -0.4 is 15.0 Å². The van der Waals surface area contributed by atoms with Gasteiger partial charge in [-0.05, 0) is 36.8 Å². The van der Waals surface area contributed by atoms with Crippen molar-refractivity contribution in [1.29, 1.82) is 0 Å². The zero-order valence-corrected chi connectivity index (χ0v) is 13.7. The summed E-state index contributed by atoms with van der Waals surface area (Å²) in [4.78, 5) is 14.0. The molecule has 0 saturated carbocycles. The minimum absolute atomic E-state index is 0.0560. The van der Waals surface area contributed by atoms with E-state index in [0.29, 0.717) is 5.75 Å². The quantitative estimate of drug-likeness (QED) is 0.785. The molecule has 0 unspecified atom stereocenters. The number of hydrazine groups is 1. The van der Waals surface area contributed by atoms with Crippen molar-refractivity contribution in [2.45, 2.75) is 18.2 Å². The Labute approximate surface area is 135 Å². The summed E-state index contributed by atoms with van der Waals surface area (Å²) < 4.78 is 29.1. The third-order valence-corrected chi connectivity index (χ3v) is 4.44. The highest BCUT2D eigenvalue weighted by molar-refractivity contribution is 7.89. The fourth-order valence-corrected chi connectivity index (χ4v) is 2.73. The number of methoxy groups -OCH3 is 1. The first-order chi connectivity index (χ1) is 10.9. The smallest absolute Gasteiger partial charge is 0.257 e. The second-order valence-corrected chi connectivity index (χ2v) is 6.67. The van der Waals surface area contributed by atoms with Crippen LogP contribution in [-0.4, -0.2) is 21.4 Å². The number of aryl methyl sites for hydroxylation is 1. The van der Waals surface area contributed by atoms with Crippen LogP contribution in [0.25, 0.3) is 0 Å². The van der Waals surface area contributed by atoms with Gasteiger partial charge in [0.25, 0.3) is 10.0 Å². The summed E-state index contributed by atoms with van der Waals surface area (Å²) in [6, 6.07) is 13.3. The zero-order valence-electron chi connectivity index (χ0n) is 12.9. The van der Waals surface area contributed by atoms with E-state index in [2.05, 4.69) is 10.3 Å². The van der Waals surface area contributed by atoms with Crippen molar-refractivity contribution in [3.63, 3.8) is 0 Å². The molecule has 0 aromatic heterocycles. The van der Waals surface area contributed by atoms with Crippen molar-refractivity contribution in [2.24, 2.45) is 0 Å². The predicted octanol–water partition coefficient (Wildman–Crippen LogP) is 1.56. The second kappa shape index (κ2) is 7.26. The monoisotopic (exact) mass is 334 g/mol. The van der Waals surface area contributed by atoms with Crippen LogP contribution in [0.15, 0.2) is 53.4 Å². The van der Waals surface area contributed by atoms with Gasteiger partial charge in [-0.3, -0.25) is 10.2 Å². The van der Waals surface area contributed by atoms with Crippen LogP contribution in [0.5, 0.6) is 5.75 Å². The van der Waals surface area contributed by atoms with Gasteiger partial charge in [-0.1, -0.05) is 29.8 Å². The molecule has 0 aliphatic carbocycles. The van der Waals surface area contributed by atoms with E-state index in [-0.39, 0.29) is 11.3 Å². The number of benzene rings is 2. The molecule has 23 heavy (non-hydrogen) atoms. The highest BCUT2D eigenvalue weighted by Gasteiger charge is 2.14. The van der Waals surface area contributed by atoms with Gasteiger partial charge in [0.2, 0.25) is 5.91 Å². The molecule has 0 heterocycles. The molecule has 0 radical (unpaired) electrons. The van der Waals surface area contributed by atoms with Crippen molar-refractivity contribution >= 4 is 15.9 Å². The molecular formula is C16H18N2O4S. The van der Waals surface area contributed by atoms with E-state index >= 15 is 0 Å². The molecular weight excluding hydrogens is 316 g/mol. The maximum absolute atomic E-state index is 12.0. The van der Waals surface area contributed by atoms with Gasteiger partial charge in [0.05, 0.1) is 18.4 Å². The number of amides is 1. The highest BCUT2D eigenvalue weighted by Crippen LogP contribution is 2.12. The Morgan fingerprint density at radius 2 is 1.65 bits per heavy atom. The summed E-state index contributed by atoms with van der Waals surface area (Å²) in [5, 5.41) is 0.